The number of amides is 1. The molecule has 5 aromatic rings. The molecule has 1 amide bonds. The third-order valence-electron chi connectivity index (χ3n) is 5.08. The third kappa shape index (κ3) is 3.26. The van der Waals surface area contributed by atoms with Crippen molar-refractivity contribution in [1.29, 1.82) is 0 Å². The van der Waals surface area contributed by atoms with Gasteiger partial charge in [-0.2, -0.15) is 0 Å². The highest BCUT2D eigenvalue weighted by Crippen LogP contribution is 2.30. The van der Waals surface area contributed by atoms with Crippen LogP contribution in [-0.4, -0.2) is 15.5 Å². The molecule has 2 aromatic heterocycles. The number of benzene rings is 3. The number of hydrogen-bond acceptors (Lipinski definition) is 3. The second kappa shape index (κ2) is 7.37. The average Bonchev–Trinajstić information content (AvgIpc) is 3.10. The van der Waals surface area contributed by atoms with Crippen molar-refractivity contribution in [3.8, 4) is 11.5 Å². The normalized spacial score (nSPS) is 11.0. The van der Waals surface area contributed by atoms with Gasteiger partial charge < -0.3 is 14.6 Å². The first-order valence-electron chi connectivity index (χ1n) is 9.66. The second-order valence-corrected chi connectivity index (χ2v) is 7.08. The number of pyridine rings is 1. The highest BCUT2D eigenvalue weighted by Gasteiger charge is 2.12. The summed E-state index contributed by atoms with van der Waals surface area (Å²) in [6.07, 6.45) is 3.64. The van der Waals surface area contributed by atoms with Crippen molar-refractivity contribution < 1.29 is 9.53 Å². The fraction of sp³-hybridized carbons (Fsp3) is 0.0400. The third-order valence-corrected chi connectivity index (χ3v) is 5.08. The van der Waals surface area contributed by atoms with Crippen LogP contribution in [-0.2, 0) is 7.05 Å². The van der Waals surface area contributed by atoms with Crippen molar-refractivity contribution in [3.63, 3.8) is 0 Å². The van der Waals surface area contributed by atoms with Gasteiger partial charge in [0.2, 0.25) is 0 Å². The second-order valence-electron chi connectivity index (χ2n) is 7.08. The molecule has 2 heterocycles. The lowest BCUT2D eigenvalue weighted by Gasteiger charge is -2.10. The minimum absolute atomic E-state index is 0.184. The van der Waals surface area contributed by atoms with Crippen LogP contribution in [0.1, 0.15) is 10.4 Å². The van der Waals surface area contributed by atoms with E-state index in [2.05, 4.69) is 10.3 Å². The van der Waals surface area contributed by atoms with Crippen LogP contribution in [0.25, 0.3) is 21.8 Å². The molecule has 0 atom stereocenters. The summed E-state index contributed by atoms with van der Waals surface area (Å²) in [5.41, 5.74) is 3.23. The zero-order chi connectivity index (χ0) is 20.5. The largest absolute Gasteiger partial charge is 0.457 e. The molecular weight excluding hydrogens is 374 g/mol. The van der Waals surface area contributed by atoms with Gasteiger partial charge in [0.1, 0.15) is 11.5 Å². The molecule has 0 saturated carbocycles. The van der Waals surface area contributed by atoms with Crippen LogP contribution in [0, 0.1) is 0 Å². The molecule has 5 nitrogen and oxygen atoms in total. The van der Waals surface area contributed by atoms with Crippen molar-refractivity contribution in [3.05, 3.63) is 96.8 Å². The van der Waals surface area contributed by atoms with Crippen LogP contribution >= 0.6 is 0 Å². The van der Waals surface area contributed by atoms with Crippen molar-refractivity contribution in [2.24, 2.45) is 7.05 Å². The number of aromatic nitrogens is 2. The molecular formula is C25H19N3O2. The Labute approximate surface area is 173 Å². The van der Waals surface area contributed by atoms with E-state index in [9.17, 15) is 4.79 Å². The van der Waals surface area contributed by atoms with Crippen LogP contribution in [0.3, 0.4) is 0 Å². The van der Waals surface area contributed by atoms with E-state index in [-0.39, 0.29) is 5.91 Å². The van der Waals surface area contributed by atoms with Crippen molar-refractivity contribution in [1.82, 2.24) is 9.55 Å². The Morgan fingerprint density at radius 2 is 1.73 bits per heavy atom. The summed E-state index contributed by atoms with van der Waals surface area (Å²) in [7, 11) is 1.96. The smallest absolute Gasteiger partial charge is 0.255 e. The van der Waals surface area contributed by atoms with Gasteiger partial charge in [-0.3, -0.25) is 9.78 Å². The quantitative estimate of drug-likeness (QED) is 0.422. The molecule has 30 heavy (non-hydrogen) atoms. The number of carbonyl (C=O) groups is 1. The lowest BCUT2D eigenvalue weighted by Crippen LogP contribution is -2.11. The minimum Gasteiger partial charge on any atom is -0.457 e. The molecule has 0 aliphatic rings. The highest BCUT2D eigenvalue weighted by atomic mass is 16.5. The summed E-state index contributed by atoms with van der Waals surface area (Å²) in [4.78, 5) is 17.3. The van der Waals surface area contributed by atoms with Crippen molar-refractivity contribution >= 4 is 33.4 Å². The van der Waals surface area contributed by atoms with E-state index >= 15 is 0 Å². The number of rotatable bonds is 4. The summed E-state index contributed by atoms with van der Waals surface area (Å²) in [5, 5.41) is 4.94. The topological polar surface area (TPSA) is 56.2 Å². The van der Waals surface area contributed by atoms with Gasteiger partial charge in [0, 0.05) is 41.3 Å². The number of anilines is 1. The van der Waals surface area contributed by atoms with Gasteiger partial charge in [-0.1, -0.05) is 36.4 Å². The van der Waals surface area contributed by atoms with Gasteiger partial charge >= 0.3 is 0 Å². The van der Waals surface area contributed by atoms with E-state index in [0.29, 0.717) is 17.1 Å². The number of nitrogens with zero attached hydrogens (tertiary/aromatic N) is 2. The van der Waals surface area contributed by atoms with Gasteiger partial charge in [0.15, 0.2) is 0 Å². The van der Waals surface area contributed by atoms with E-state index in [4.69, 9.17) is 4.74 Å². The van der Waals surface area contributed by atoms with Gasteiger partial charge in [-0.15, -0.1) is 0 Å². The zero-order valence-corrected chi connectivity index (χ0v) is 16.4. The molecule has 3 aromatic carbocycles. The highest BCUT2D eigenvalue weighted by molar-refractivity contribution is 6.09. The van der Waals surface area contributed by atoms with Gasteiger partial charge in [0.25, 0.3) is 5.91 Å². The van der Waals surface area contributed by atoms with E-state index in [1.54, 1.807) is 18.3 Å². The molecule has 0 spiro atoms. The predicted octanol–water partition coefficient (Wildman–Crippen LogP) is 5.77. The standard InChI is InChI=1S/C25H19N3O2/c1-28-16-22(19-9-3-5-12-23(19)28)27-25(29)17-7-6-8-18(15-17)30-24-13-14-26-21-11-4-2-10-20(21)24/h2-16H,1H3,(H,27,29). The molecule has 0 fully saturated rings. The summed E-state index contributed by atoms with van der Waals surface area (Å²) >= 11 is 0. The SMILES string of the molecule is Cn1cc(NC(=O)c2cccc(Oc3ccnc4ccccc34)c2)c2ccccc21. The summed E-state index contributed by atoms with van der Waals surface area (Å²) in [5.74, 6) is 1.11. The zero-order valence-electron chi connectivity index (χ0n) is 16.4. The van der Waals surface area contributed by atoms with E-state index in [1.807, 2.05) is 84.5 Å². The fourth-order valence-electron chi connectivity index (χ4n) is 3.62. The molecule has 0 radical (unpaired) electrons. The summed E-state index contributed by atoms with van der Waals surface area (Å²) in [6.45, 7) is 0. The van der Waals surface area contributed by atoms with Gasteiger partial charge in [-0.25, -0.2) is 0 Å². The predicted molar refractivity (Wildman–Crippen MR) is 119 cm³/mol. The maximum atomic E-state index is 12.9. The van der Waals surface area contributed by atoms with E-state index in [0.717, 1.165) is 27.5 Å². The van der Waals surface area contributed by atoms with Crippen molar-refractivity contribution in [2.75, 3.05) is 5.32 Å². The number of hydrogen-bond donors (Lipinski definition) is 1. The first-order valence-corrected chi connectivity index (χ1v) is 9.66. The Morgan fingerprint density at radius 1 is 0.933 bits per heavy atom. The Bertz CT molecular complexity index is 1380. The first kappa shape index (κ1) is 17.9. The maximum absolute atomic E-state index is 12.9. The Hall–Kier alpha value is -4.12. The lowest BCUT2D eigenvalue weighted by atomic mass is 10.2. The maximum Gasteiger partial charge on any atom is 0.255 e. The lowest BCUT2D eigenvalue weighted by molar-refractivity contribution is 0.102. The molecule has 0 unspecified atom stereocenters. The first-order chi connectivity index (χ1) is 14.7. The van der Waals surface area contributed by atoms with Crippen LogP contribution in [0.5, 0.6) is 11.5 Å². The van der Waals surface area contributed by atoms with Crippen LogP contribution in [0.15, 0.2) is 91.3 Å². The van der Waals surface area contributed by atoms with Gasteiger partial charge in [-0.05, 0) is 42.5 Å². The van der Waals surface area contributed by atoms with Crippen molar-refractivity contribution in [2.45, 2.75) is 0 Å². The Kier molecular flexibility index (Phi) is 4.41. The number of fused-ring (bicyclic) bond motifs is 2. The summed E-state index contributed by atoms with van der Waals surface area (Å²) < 4.78 is 8.08. The molecule has 5 rings (SSSR count). The van der Waals surface area contributed by atoms with Crippen LogP contribution in [0.4, 0.5) is 5.69 Å². The Balaban J connectivity index is 1.42. The van der Waals surface area contributed by atoms with Gasteiger partial charge in [0.05, 0.1) is 11.2 Å². The molecule has 0 saturated heterocycles. The summed E-state index contributed by atoms with van der Waals surface area (Å²) in [6, 6.07) is 24.8. The fourth-order valence-corrected chi connectivity index (χ4v) is 3.62. The molecule has 1 N–H and O–H groups in total. The number of nitrogens with one attached hydrogen (secondary N) is 1. The average molecular weight is 393 g/mol. The number of para-hydroxylation sites is 2. The molecule has 0 aliphatic heterocycles. The number of carbonyl (C=O) groups excluding carboxylic acids is 1. The van der Waals surface area contributed by atoms with E-state index in [1.165, 1.54) is 0 Å². The molecule has 5 heteroatoms. The molecule has 146 valence electrons. The molecule has 0 bridgehead atoms. The minimum atomic E-state index is -0.184. The van der Waals surface area contributed by atoms with E-state index < -0.39 is 0 Å². The monoisotopic (exact) mass is 393 g/mol. The number of aryl methyl sites for hydroxylation is 1. The van der Waals surface area contributed by atoms with Crippen LogP contribution < -0.4 is 10.1 Å². The Morgan fingerprint density at radius 3 is 2.63 bits per heavy atom. The molecule has 0 aliphatic carbocycles. The number of ether oxygens (including phenoxy) is 1. The van der Waals surface area contributed by atoms with Crippen LogP contribution in [0.2, 0.25) is 0 Å².